The number of hydrogen-bond donors (Lipinski definition) is 1. The number of nitriles is 2. The minimum Gasteiger partial charge on any atom is -0.368 e. The average Bonchev–Trinajstić information content (AvgIpc) is 3.12. The highest BCUT2D eigenvalue weighted by molar-refractivity contribution is 7.99. The Morgan fingerprint density at radius 2 is 1.28 bits per heavy atom. The summed E-state index contributed by atoms with van der Waals surface area (Å²) in [4.78, 5) is 28.1. The van der Waals surface area contributed by atoms with Gasteiger partial charge in [0.25, 0.3) is 0 Å². The monoisotopic (exact) mass is 609 g/mol. The van der Waals surface area contributed by atoms with Crippen LogP contribution in [-0.2, 0) is 0 Å². The van der Waals surface area contributed by atoms with Crippen molar-refractivity contribution >= 4 is 45.9 Å². The number of hydrogen-bond acceptors (Lipinski definition) is 10. The van der Waals surface area contributed by atoms with Gasteiger partial charge in [0, 0.05) is 40.1 Å². The summed E-state index contributed by atoms with van der Waals surface area (Å²) >= 11 is 1.67. The van der Waals surface area contributed by atoms with Crippen LogP contribution in [0.5, 0.6) is 0 Å². The summed E-state index contributed by atoms with van der Waals surface area (Å²) in [6.07, 6.45) is 6.56. The predicted octanol–water partition coefficient (Wildman–Crippen LogP) is 7.88. The molecule has 1 atom stereocenters. The van der Waals surface area contributed by atoms with E-state index in [0.717, 1.165) is 26.7 Å². The molecule has 0 fully saturated rings. The molecule has 9 nitrogen and oxygen atoms in total. The molecule has 46 heavy (non-hydrogen) atoms. The van der Waals surface area contributed by atoms with Crippen LogP contribution < -0.4 is 10.2 Å². The van der Waals surface area contributed by atoms with Crippen molar-refractivity contribution in [2.24, 2.45) is 4.99 Å². The van der Waals surface area contributed by atoms with Gasteiger partial charge in [-0.3, -0.25) is 19.9 Å². The summed E-state index contributed by atoms with van der Waals surface area (Å²) in [6.45, 7) is 0. The predicted molar refractivity (Wildman–Crippen MR) is 176 cm³/mol. The zero-order valence-corrected chi connectivity index (χ0v) is 24.7. The first-order valence-corrected chi connectivity index (χ1v) is 15.3. The number of para-hydroxylation sites is 2. The summed E-state index contributed by atoms with van der Waals surface area (Å²) < 4.78 is 0. The maximum atomic E-state index is 10.9. The molecule has 10 heteroatoms. The van der Waals surface area contributed by atoms with Gasteiger partial charge in [0.05, 0.1) is 51.0 Å². The fourth-order valence-corrected chi connectivity index (χ4v) is 7.53. The molecule has 4 aromatic carbocycles. The van der Waals surface area contributed by atoms with Crippen LogP contribution >= 0.6 is 11.8 Å². The van der Waals surface area contributed by atoms with Crippen molar-refractivity contribution in [3.8, 4) is 34.7 Å². The van der Waals surface area contributed by atoms with Crippen molar-refractivity contribution in [1.29, 1.82) is 10.5 Å². The Labute approximate surface area is 267 Å². The molecule has 9 rings (SSSR count). The van der Waals surface area contributed by atoms with Crippen LogP contribution in [0.2, 0.25) is 0 Å². The van der Waals surface area contributed by atoms with Gasteiger partial charge in [-0.1, -0.05) is 66.4 Å². The number of fused-ring (bicyclic) bond motifs is 9. The molecule has 0 spiro atoms. The summed E-state index contributed by atoms with van der Waals surface area (Å²) in [7, 11) is 0. The van der Waals surface area contributed by atoms with Crippen LogP contribution in [0.4, 0.5) is 28.4 Å². The molecule has 1 aliphatic carbocycles. The van der Waals surface area contributed by atoms with Crippen LogP contribution in [0, 0.1) is 22.7 Å². The van der Waals surface area contributed by atoms with Crippen molar-refractivity contribution < 1.29 is 0 Å². The fourth-order valence-electron chi connectivity index (χ4n) is 6.47. The Balaban J connectivity index is 1.44. The van der Waals surface area contributed by atoms with Crippen molar-refractivity contribution in [1.82, 2.24) is 19.9 Å². The van der Waals surface area contributed by atoms with Gasteiger partial charge in [0.15, 0.2) is 0 Å². The highest BCUT2D eigenvalue weighted by Gasteiger charge is 2.41. The molecule has 3 aliphatic rings. The minimum absolute atomic E-state index is 0.246. The number of rotatable bonds is 2. The molecule has 214 valence electrons. The molecule has 1 N–H and O–H groups in total. The maximum Gasteiger partial charge on any atom is 0.118 e. The van der Waals surface area contributed by atoms with Gasteiger partial charge in [-0.15, -0.1) is 0 Å². The lowest BCUT2D eigenvalue weighted by atomic mass is 9.86. The van der Waals surface area contributed by atoms with E-state index in [0.29, 0.717) is 51.1 Å². The second-order valence-electron chi connectivity index (χ2n) is 10.8. The summed E-state index contributed by atoms with van der Waals surface area (Å²) in [5, 5.41) is 25.5. The van der Waals surface area contributed by atoms with Gasteiger partial charge in [-0.2, -0.15) is 10.5 Å². The third kappa shape index (κ3) is 3.65. The van der Waals surface area contributed by atoms with Crippen LogP contribution in [0.3, 0.4) is 0 Å². The van der Waals surface area contributed by atoms with Gasteiger partial charge in [-0.05, 0) is 29.8 Å². The molecule has 6 aromatic rings. The first-order chi connectivity index (χ1) is 22.8. The number of aromatic nitrogens is 4. The zero-order valence-electron chi connectivity index (χ0n) is 23.9. The molecule has 0 saturated heterocycles. The van der Waals surface area contributed by atoms with E-state index in [1.54, 1.807) is 36.5 Å². The molecular formula is C36H19N9S. The molecule has 4 heterocycles. The summed E-state index contributed by atoms with van der Waals surface area (Å²) in [5.41, 5.74) is 8.42. The second-order valence-corrected chi connectivity index (χ2v) is 11.9. The van der Waals surface area contributed by atoms with Crippen LogP contribution in [-0.4, -0.2) is 25.6 Å². The first kappa shape index (κ1) is 26.1. The third-order valence-corrected chi connectivity index (χ3v) is 9.48. The molecule has 2 aliphatic heterocycles. The van der Waals surface area contributed by atoms with E-state index in [2.05, 4.69) is 44.5 Å². The van der Waals surface area contributed by atoms with E-state index in [4.69, 9.17) is 15.0 Å². The van der Waals surface area contributed by atoms with Crippen LogP contribution in [0.15, 0.2) is 118 Å². The van der Waals surface area contributed by atoms with Crippen molar-refractivity contribution in [3.05, 3.63) is 126 Å². The van der Waals surface area contributed by atoms with E-state index >= 15 is 0 Å². The number of aliphatic imine (C=N–C) groups is 1. The maximum absolute atomic E-state index is 10.9. The SMILES string of the molecule is N#Cc1c(C#N)c(N2c3ccccc3Sc3ccccc32)c2c(c1-c1ccccc1)N=C1c3nccnc3-c3nccnc3C1N2. The quantitative estimate of drug-likeness (QED) is 0.208. The molecule has 1 unspecified atom stereocenters. The summed E-state index contributed by atoms with van der Waals surface area (Å²) in [6, 6.07) is 30.1. The summed E-state index contributed by atoms with van der Waals surface area (Å²) in [5.74, 6) is 0. The topological polar surface area (TPSA) is 127 Å². The number of anilines is 4. The molecule has 0 radical (unpaired) electrons. The minimum atomic E-state index is -0.535. The molecule has 0 bridgehead atoms. The Hall–Kier alpha value is -6.36. The first-order valence-electron chi connectivity index (χ1n) is 14.5. The number of benzene rings is 4. The van der Waals surface area contributed by atoms with Gasteiger partial charge in [-0.25, -0.2) is 4.99 Å². The second kappa shape index (κ2) is 10.1. The molecule has 0 amide bonds. The Bertz CT molecular complexity index is 2330. The Morgan fingerprint density at radius 1 is 0.674 bits per heavy atom. The molecule has 2 aromatic heterocycles. The lowest BCUT2D eigenvalue weighted by molar-refractivity contribution is 0.904. The van der Waals surface area contributed by atoms with E-state index in [9.17, 15) is 10.5 Å². The van der Waals surface area contributed by atoms with Gasteiger partial charge >= 0.3 is 0 Å². The Kier molecular flexibility index (Phi) is 5.72. The van der Waals surface area contributed by atoms with Crippen LogP contribution in [0.25, 0.3) is 22.5 Å². The average molecular weight is 610 g/mol. The van der Waals surface area contributed by atoms with Crippen molar-refractivity contribution in [2.45, 2.75) is 15.8 Å². The molecular weight excluding hydrogens is 591 g/mol. The smallest absolute Gasteiger partial charge is 0.118 e. The number of nitrogens with one attached hydrogen (secondary N) is 1. The largest absolute Gasteiger partial charge is 0.368 e. The molecule has 0 saturated carbocycles. The standard InChI is InChI=1S/C36H19N9S/c37-18-21-22(19-38)36(45-23-10-4-6-12-25(23)46-26-13-7-5-11-24(26)45)35-28(27(21)20-8-2-1-3-9-20)43-33-31-29(39-14-16-41-31)30-32(34(33)44-35)42-17-15-40-30/h1-17,34,44H. The van der Waals surface area contributed by atoms with Gasteiger partial charge < -0.3 is 10.2 Å². The number of nitrogens with zero attached hydrogens (tertiary/aromatic N) is 8. The normalized spacial score (nSPS) is 14.9. The lowest BCUT2D eigenvalue weighted by Crippen LogP contribution is -2.32. The van der Waals surface area contributed by atoms with Crippen molar-refractivity contribution in [3.63, 3.8) is 0 Å². The van der Waals surface area contributed by atoms with Crippen LogP contribution in [0.1, 0.15) is 28.6 Å². The Morgan fingerprint density at radius 3 is 1.98 bits per heavy atom. The highest BCUT2D eigenvalue weighted by atomic mass is 32.2. The van der Waals surface area contributed by atoms with Gasteiger partial charge in [0.2, 0.25) is 0 Å². The highest BCUT2D eigenvalue weighted by Crippen LogP contribution is 2.59. The third-order valence-electron chi connectivity index (χ3n) is 8.35. The van der Waals surface area contributed by atoms with E-state index in [-0.39, 0.29) is 11.1 Å². The van der Waals surface area contributed by atoms with E-state index in [1.807, 2.05) is 66.7 Å². The lowest BCUT2D eigenvalue weighted by Gasteiger charge is -2.38. The zero-order chi connectivity index (χ0) is 30.8. The van der Waals surface area contributed by atoms with E-state index in [1.165, 1.54) is 0 Å². The van der Waals surface area contributed by atoms with E-state index < -0.39 is 6.04 Å². The van der Waals surface area contributed by atoms with Gasteiger partial charge in [0.1, 0.15) is 35.3 Å². The fraction of sp³-hybridized carbons (Fsp3) is 0.0278. The van der Waals surface area contributed by atoms with Crippen molar-refractivity contribution in [2.75, 3.05) is 10.2 Å².